The Kier molecular flexibility index (Phi) is 8.49. The van der Waals surface area contributed by atoms with Gasteiger partial charge in [-0.25, -0.2) is 9.59 Å². The van der Waals surface area contributed by atoms with E-state index >= 15 is 0 Å². The van der Waals surface area contributed by atoms with Crippen molar-refractivity contribution in [1.82, 2.24) is 10.6 Å². The van der Waals surface area contributed by atoms with Gasteiger partial charge in [-0.05, 0) is 27.5 Å². The van der Waals surface area contributed by atoms with Gasteiger partial charge in [0.05, 0.1) is 0 Å². The van der Waals surface area contributed by atoms with Crippen LogP contribution >= 0.6 is 0 Å². The number of rotatable bonds is 10. The predicted molar refractivity (Wildman–Crippen MR) is 141 cm³/mol. The van der Waals surface area contributed by atoms with Gasteiger partial charge in [-0.1, -0.05) is 103 Å². The van der Waals surface area contributed by atoms with E-state index in [1.165, 1.54) is 0 Å². The molecule has 3 N–H and O–H groups in total. The van der Waals surface area contributed by atoms with Crippen molar-refractivity contribution in [1.29, 1.82) is 0 Å². The lowest BCUT2D eigenvalue weighted by atomic mass is 10.0. The van der Waals surface area contributed by atoms with Crippen LogP contribution in [0.3, 0.4) is 0 Å². The zero-order valence-electron chi connectivity index (χ0n) is 20.2. The number of carbonyl (C=O) groups excluding carboxylic acids is 2. The molecule has 0 aliphatic heterocycles. The van der Waals surface area contributed by atoms with Crippen LogP contribution in [0.4, 0.5) is 4.79 Å². The summed E-state index contributed by atoms with van der Waals surface area (Å²) in [5.74, 6) is -1.76. The Labute approximate surface area is 215 Å². The van der Waals surface area contributed by atoms with E-state index < -0.39 is 30.1 Å². The summed E-state index contributed by atoms with van der Waals surface area (Å²) in [6.07, 6.45) is -0.487. The minimum Gasteiger partial charge on any atom is -0.480 e. The molecule has 4 rings (SSSR count). The Balaban J connectivity index is 1.45. The molecule has 0 heterocycles. The number of hydrogen-bond donors (Lipinski definition) is 3. The number of carbonyl (C=O) groups is 3. The Morgan fingerprint density at radius 2 is 1.24 bits per heavy atom. The second kappa shape index (κ2) is 12.4. The van der Waals surface area contributed by atoms with Gasteiger partial charge in [0.1, 0.15) is 18.7 Å². The summed E-state index contributed by atoms with van der Waals surface area (Å²) in [4.78, 5) is 37.8. The highest BCUT2D eigenvalue weighted by atomic mass is 16.5. The standard InChI is InChI=1S/C30H28N2O5/c33-28(31-27(29(34)35)19-23-15-16-24-13-7-8-14-25(24)17-23)26(18-21-9-3-1-4-10-21)32-30(36)37-20-22-11-5-2-6-12-22/h1-17,26-27H,18-20H2,(H,31,33)(H,32,36)(H,34,35)/t26-,27-/m0/s1. The molecule has 37 heavy (non-hydrogen) atoms. The van der Waals surface area contributed by atoms with Gasteiger partial charge in [0.2, 0.25) is 5.91 Å². The number of benzene rings is 4. The summed E-state index contributed by atoms with van der Waals surface area (Å²) in [6, 6.07) is 29.6. The van der Waals surface area contributed by atoms with E-state index in [0.29, 0.717) is 0 Å². The lowest BCUT2D eigenvalue weighted by Crippen LogP contribution is -2.53. The van der Waals surface area contributed by atoms with Crippen molar-refractivity contribution in [3.05, 3.63) is 120 Å². The van der Waals surface area contributed by atoms with E-state index in [-0.39, 0.29) is 19.4 Å². The van der Waals surface area contributed by atoms with Crippen molar-refractivity contribution in [2.45, 2.75) is 31.5 Å². The zero-order valence-corrected chi connectivity index (χ0v) is 20.2. The third-order valence-electron chi connectivity index (χ3n) is 5.97. The highest BCUT2D eigenvalue weighted by Gasteiger charge is 2.27. The van der Waals surface area contributed by atoms with E-state index in [1.807, 2.05) is 103 Å². The maximum atomic E-state index is 13.2. The maximum Gasteiger partial charge on any atom is 0.408 e. The van der Waals surface area contributed by atoms with E-state index in [9.17, 15) is 19.5 Å². The molecule has 0 spiro atoms. The van der Waals surface area contributed by atoms with Crippen LogP contribution in [0.2, 0.25) is 0 Å². The van der Waals surface area contributed by atoms with E-state index in [0.717, 1.165) is 27.5 Å². The van der Waals surface area contributed by atoms with Crippen LogP contribution in [0.5, 0.6) is 0 Å². The Morgan fingerprint density at radius 1 is 0.649 bits per heavy atom. The fourth-order valence-electron chi connectivity index (χ4n) is 4.04. The molecule has 4 aromatic carbocycles. The van der Waals surface area contributed by atoms with Gasteiger partial charge in [0, 0.05) is 12.8 Å². The molecule has 188 valence electrons. The summed E-state index contributed by atoms with van der Waals surface area (Å²) in [6.45, 7) is 0.0477. The SMILES string of the molecule is O=C(N[C@@H](Cc1ccccc1)C(=O)N[C@@H](Cc1ccc2ccccc2c1)C(=O)O)OCc1ccccc1. The molecule has 0 saturated heterocycles. The molecule has 0 aliphatic carbocycles. The first-order chi connectivity index (χ1) is 18.0. The van der Waals surface area contributed by atoms with Gasteiger partial charge in [-0.3, -0.25) is 4.79 Å². The molecule has 0 aromatic heterocycles. The molecule has 0 bridgehead atoms. The van der Waals surface area contributed by atoms with E-state index in [4.69, 9.17) is 4.74 Å². The number of amides is 2. The molecular weight excluding hydrogens is 468 g/mol. The number of aliphatic carboxylic acids is 1. The number of carboxylic acids is 1. The van der Waals surface area contributed by atoms with Crippen molar-refractivity contribution in [3.8, 4) is 0 Å². The molecule has 0 fully saturated rings. The molecule has 4 aromatic rings. The van der Waals surface area contributed by atoms with Crippen LogP contribution in [0.15, 0.2) is 103 Å². The minimum absolute atomic E-state index is 0.0477. The van der Waals surface area contributed by atoms with Crippen molar-refractivity contribution < 1.29 is 24.2 Å². The number of hydrogen-bond acceptors (Lipinski definition) is 4. The molecule has 0 aliphatic rings. The van der Waals surface area contributed by atoms with E-state index in [1.54, 1.807) is 0 Å². The zero-order chi connectivity index (χ0) is 26.0. The minimum atomic E-state index is -1.17. The largest absolute Gasteiger partial charge is 0.480 e. The van der Waals surface area contributed by atoms with Crippen LogP contribution in [0.1, 0.15) is 16.7 Å². The third-order valence-corrected chi connectivity index (χ3v) is 5.97. The fourth-order valence-corrected chi connectivity index (χ4v) is 4.04. The number of nitrogens with one attached hydrogen (secondary N) is 2. The lowest BCUT2D eigenvalue weighted by Gasteiger charge is -2.22. The fraction of sp³-hybridized carbons (Fsp3) is 0.167. The normalized spacial score (nSPS) is 12.3. The van der Waals surface area contributed by atoms with Crippen molar-refractivity contribution in [2.24, 2.45) is 0 Å². The number of alkyl carbamates (subject to hydrolysis) is 1. The summed E-state index contributed by atoms with van der Waals surface area (Å²) < 4.78 is 5.29. The van der Waals surface area contributed by atoms with Crippen LogP contribution in [-0.2, 0) is 33.8 Å². The van der Waals surface area contributed by atoms with Gasteiger partial charge >= 0.3 is 12.1 Å². The summed E-state index contributed by atoms with van der Waals surface area (Å²) in [7, 11) is 0. The first-order valence-electron chi connectivity index (χ1n) is 12.0. The first kappa shape index (κ1) is 25.4. The van der Waals surface area contributed by atoms with Crippen LogP contribution in [-0.4, -0.2) is 35.2 Å². The van der Waals surface area contributed by atoms with Gasteiger partial charge < -0.3 is 20.5 Å². The molecular formula is C30H28N2O5. The van der Waals surface area contributed by atoms with Crippen molar-refractivity contribution in [2.75, 3.05) is 0 Å². The van der Waals surface area contributed by atoms with Gasteiger partial charge in [-0.2, -0.15) is 0 Å². The third kappa shape index (κ3) is 7.41. The van der Waals surface area contributed by atoms with Crippen LogP contribution in [0, 0.1) is 0 Å². The van der Waals surface area contributed by atoms with Gasteiger partial charge in [0.15, 0.2) is 0 Å². The highest BCUT2D eigenvalue weighted by molar-refractivity contribution is 5.90. The highest BCUT2D eigenvalue weighted by Crippen LogP contribution is 2.17. The second-order valence-corrected chi connectivity index (χ2v) is 8.73. The predicted octanol–water partition coefficient (Wildman–Crippen LogP) is 4.49. The molecule has 2 amide bonds. The quantitative estimate of drug-likeness (QED) is 0.300. The van der Waals surface area contributed by atoms with Crippen molar-refractivity contribution >= 4 is 28.7 Å². The number of carboxylic acid groups (broad SMARTS) is 1. The summed E-state index contributed by atoms with van der Waals surface area (Å²) in [5, 5.41) is 17.1. The van der Waals surface area contributed by atoms with Gasteiger partial charge in [0.25, 0.3) is 0 Å². The Morgan fingerprint density at radius 3 is 1.92 bits per heavy atom. The smallest absolute Gasteiger partial charge is 0.408 e. The Bertz CT molecular complexity index is 1360. The number of fused-ring (bicyclic) bond motifs is 1. The number of ether oxygens (including phenoxy) is 1. The molecule has 0 unspecified atom stereocenters. The molecule has 2 atom stereocenters. The summed E-state index contributed by atoms with van der Waals surface area (Å²) >= 11 is 0. The lowest BCUT2D eigenvalue weighted by molar-refractivity contribution is -0.142. The average Bonchev–Trinajstić information content (AvgIpc) is 2.92. The van der Waals surface area contributed by atoms with E-state index in [2.05, 4.69) is 10.6 Å². The topological polar surface area (TPSA) is 105 Å². The van der Waals surface area contributed by atoms with Crippen molar-refractivity contribution in [3.63, 3.8) is 0 Å². The molecule has 0 radical (unpaired) electrons. The second-order valence-electron chi connectivity index (χ2n) is 8.73. The maximum absolute atomic E-state index is 13.2. The Hall–Kier alpha value is -4.65. The molecule has 7 heteroatoms. The summed E-state index contributed by atoms with van der Waals surface area (Å²) in [5.41, 5.74) is 2.40. The van der Waals surface area contributed by atoms with Crippen LogP contribution < -0.4 is 10.6 Å². The molecule has 7 nitrogen and oxygen atoms in total. The first-order valence-corrected chi connectivity index (χ1v) is 12.0. The molecule has 0 saturated carbocycles. The van der Waals surface area contributed by atoms with Gasteiger partial charge in [-0.15, -0.1) is 0 Å². The average molecular weight is 497 g/mol. The van der Waals surface area contributed by atoms with Crippen LogP contribution in [0.25, 0.3) is 10.8 Å². The monoisotopic (exact) mass is 496 g/mol.